The Morgan fingerprint density at radius 1 is 1.43 bits per heavy atom. The van der Waals surface area contributed by atoms with Crippen LogP contribution in [0.2, 0.25) is 0 Å². The van der Waals surface area contributed by atoms with Crippen molar-refractivity contribution < 1.29 is 4.92 Å². The molecule has 0 N–H and O–H groups in total. The number of fused-ring (bicyclic) bond motifs is 1. The van der Waals surface area contributed by atoms with Crippen molar-refractivity contribution in [2.45, 2.75) is 32.1 Å². The summed E-state index contributed by atoms with van der Waals surface area (Å²) in [5.74, 6) is 0. The third-order valence-electron chi connectivity index (χ3n) is 3.05. The standard InChI is InChI=1S/C11H13NO2/c1-11(2)6-5-8-7-9(12(13)14)3-4-10(8)11/h3-4,7H,5-6H2,1-2H3. The van der Waals surface area contributed by atoms with E-state index in [2.05, 4.69) is 13.8 Å². The Kier molecular flexibility index (Phi) is 1.84. The normalized spacial score (nSPS) is 17.9. The smallest absolute Gasteiger partial charge is 0.258 e. The van der Waals surface area contributed by atoms with E-state index in [1.54, 1.807) is 12.1 Å². The molecule has 3 heteroatoms. The second-order valence-electron chi connectivity index (χ2n) is 4.48. The van der Waals surface area contributed by atoms with E-state index in [1.807, 2.05) is 6.07 Å². The molecule has 0 unspecified atom stereocenters. The van der Waals surface area contributed by atoms with Crippen molar-refractivity contribution in [1.82, 2.24) is 0 Å². The Labute approximate surface area is 82.9 Å². The number of benzene rings is 1. The van der Waals surface area contributed by atoms with Crippen LogP contribution in [-0.4, -0.2) is 4.92 Å². The van der Waals surface area contributed by atoms with Gasteiger partial charge in [-0.3, -0.25) is 10.1 Å². The predicted octanol–water partition coefficient (Wildman–Crippen LogP) is 2.82. The first-order chi connectivity index (χ1) is 6.50. The number of nitro groups is 1. The van der Waals surface area contributed by atoms with Gasteiger partial charge in [-0.05, 0) is 29.4 Å². The zero-order chi connectivity index (χ0) is 10.3. The average Bonchev–Trinajstić information content (AvgIpc) is 2.42. The molecule has 0 aliphatic heterocycles. The van der Waals surface area contributed by atoms with Crippen LogP contribution >= 0.6 is 0 Å². The van der Waals surface area contributed by atoms with Crippen molar-refractivity contribution in [3.63, 3.8) is 0 Å². The maximum atomic E-state index is 10.6. The summed E-state index contributed by atoms with van der Waals surface area (Å²) in [5, 5.41) is 10.6. The maximum absolute atomic E-state index is 10.6. The first-order valence-corrected chi connectivity index (χ1v) is 4.78. The van der Waals surface area contributed by atoms with Crippen LogP contribution < -0.4 is 0 Å². The summed E-state index contributed by atoms with van der Waals surface area (Å²) in [6, 6.07) is 5.22. The molecule has 2 rings (SSSR count). The van der Waals surface area contributed by atoms with E-state index in [4.69, 9.17) is 0 Å². The van der Waals surface area contributed by atoms with Crippen LogP contribution in [0.25, 0.3) is 0 Å². The lowest BCUT2D eigenvalue weighted by molar-refractivity contribution is -0.384. The zero-order valence-electron chi connectivity index (χ0n) is 8.41. The summed E-state index contributed by atoms with van der Waals surface area (Å²) in [7, 11) is 0. The SMILES string of the molecule is CC1(C)CCc2cc([N+](=O)[O-])ccc21. The van der Waals surface area contributed by atoms with Crippen LogP contribution in [-0.2, 0) is 11.8 Å². The van der Waals surface area contributed by atoms with Gasteiger partial charge in [-0.15, -0.1) is 0 Å². The Hall–Kier alpha value is -1.38. The molecule has 1 aromatic carbocycles. The molecule has 0 fully saturated rings. The van der Waals surface area contributed by atoms with Crippen LogP contribution in [0.5, 0.6) is 0 Å². The van der Waals surface area contributed by atoms with Crippen LogP contribution in [0.4, 0.5) is 5.69 Å². The largest absolute Gasteiger partial charge is 0.269 e. The van der Waals surface area contributed by atoms with Crippen molar-refractivity contribution in [1.29, 1.82) is 0 Å². The molecular weight excluding hydrogens is 178 g/mol. The van der Waals surface area contributed by atoms with Gasteiger partial charge in [-0.2, -0.15) is 0 Å². The van der Waals surface area contributed by atoms with E-state index >= 15 is 0 Å². The van der Waals surface area contributed by atoms with Gasteiger partial charge in [0.05, 0.1) is 4.92 Å². The minimum Gasteiger partial charge on any atom is -0.258 e. The van der Waals surface area contributed by atoms with Crippen LogP contribution in [0, 0.1) is 10.1 Å². The maximum Gasteiger partial charge on any atom is 0.269 e. The average molecular weight is 191 g/mol. The quantitative estimate of drug-likeness (QED) is 0.506. The monoisotopic (exact) mass is 191 g/mol. The molecule has 14 heavy (non-hydrogen) atoms. The third kappa shape index (κ3) is 1.29. The van der Waals surface area contributed by atoms with Gasteiger partial charge >= 0.3 is 0 Å². The molecule has 0 amide bonds. The Morgan fingerprint density at radius 3 is 2.79 bits per heavy atom. The van der Waals surface area contributed by atoms with Crippen molar-refractivity contribution >= 4 is 5.69 Å². The van der Waals surface area contributed by atoms with Gasteiger partial charge < -0.3 is 0 Å². The highest BCUT2D eigenvalue weighted by molar-refractivity contribution is 5.45. The zero-order valence-corrected chi connectivity index (χ0v) is 8.41. The Bertz CT molecular complexity index is 396. The van der Waals surface area contributed by atoms with E-state index in [-0.39, 0.29) is 16.0 Å². The number of non-ortho nitro benzene ring substituents is 1. The van der Waals surface area contributed by atoms with Crippen LogP contribution in [0.3, 0.4) is 0 Å². The molecule has 0 saturated heterocycles. The van der Waals surface area contributed by atoms with Gasteiger partial charge in [0.15, 0.2) is 0 Å². The number of hydrogen-bond acceptors (Lipinski definition) is 2. The minimum atomic E-state index is -0.328. The van der Waals surface area contributed by atoms with Gasteiger partial charge in [-0.1, -0.05) is 19.9 Å². The molecule has 0 aromatic heterocycles. The lowest BCUT2D eigenvalue weighted by atomic mass is 9.87. The lowest BCUT2D eigenvalue weighted by Crippen LogP contribution is -2.11. The highest BCUT2D eigenvalue weighted by Gasteiger charge is 2.30. The molecule has 0 saturated carbocycles. The summed E-state index contributed by atoms with van der Waals surface area (Å²) in [4.78, 5) is 10.2. The van der Waals surface area contributed by atoms with Gasteiger partial charge in [0.2, 0.25) is 0 Å². The van der Waals surface area contributed by atoms with Gasteiger partial charge in [0, 0.05) is 12.1 Å². The Morgan fingerprint density at radius 2 is 2.14 bits per heavy atom. The lowest BCUT2D eigenvalue weighted by Gasteiger charge is -2.18. The van der Waals surface area contributed by atoms with E-state index in [9.17, 15) is 10.1 Å². The molecule has 0 radical (unpaired) electrons. The summed E-state index contributed by atoms with van der Waals surface area (Å²) in [6.07, 6.45) is 2.05. The predicted molar refractivity (Wildman–Crippen MR) is 54.4 cm³/mol. The van der Waals surface area contributed by atoms with Crippen molar-refractivity contribution in [3.05, 3.63) is 39.4 Å². The first-order valence-electron chi connectivity index (χ1n) is 4.78. The third-order valence-corrected chi connectivity index (χ3v) is 3.05. The second-order valence-corrected chi connectivity index (χ2v) is 4.48. The van der Waals surface area contributed by atoms with E-state index in [1.165, 1.54) is 5.56 Å². The highest BCUT2D eigenvalue weighted by atomic mass is 16.6. The van der Waals surface area contributed by atoms with E-state index < -0.39 is 0 Å². The molecule has 0 atom stereocenters. The van der Waals surface area contributed by atoms with Crippen LogP contribution in [0.15, 0.2) is 18.2 Å². The second kappa shape index (κ2) is 2.80. The summed E-state index contributed by atoms with van der Waals surface area (Å²) < 4.78 is 0. The molecule has 1 aliphatic carbocycles. The fourth-order valence-electron chi connectivity index (χ4n) is 2.14. The number of hydrogen-bond donors (Lipinski definition) is 0. The summed E-state index contributed by atoms with van der Waals surface area (Å²) in [5.41, 5.74) is 2.80. The van der Waals surface area contributed by atoms with Gasteiger partial charge in [0.1, 0.15) is 0 Å². The first kappa shape index (κ1) is 9.19. The summed E-state index contributed by atoms with van der Waals surface area (Å²) in [6.45, 7) is 4.37. The Balaban J connectivity index is 2.49. The highest BCUT2D eigenvalue weighted by Crippen LogP contribution is 2.39. The number of nitrogens with zero attached hydrogens (tertiary/aromatic N) is 1. The van der Waals surface area contributed by atoms with Crippen molar-refractivity contribution in [2.75, 3.05) is 0 Å². The van der Waals surface area contributed by atoms with Crippen molar-refractivity contribution in [3.8, 4) is 0 Å². The molecule has 1 aromatic rings. The fraction of sp³-hybridized carbons (Fsp3) is 0.455. The van der Waals surface area contributed by atoms with Gasteiger partial charge in [-0.25, -0.2) is 0 Å². The molecule has 3 nitrogen and oxygen atoms in total. The van der Waals surface area contributed by atoms with E-state index in [0.717, 1.165) is 18.4 Å². The molecule has 0 spiro atoms. The molecule has 74 valence electrons. The minimum absolute atomic E-state index is 0.185. The summed E-state index contributed by atoms with van der Waals surface area (Å²) >= 11 is 0. The number of nitro benzene ring substituents is 1. The molecule has 0 bridgehead atoms. The van der Waals surface area contributed by atoms with Crippen LogP contribution in [0.1, 0.15) is 31.4 Å². The fourth-order valence-corrected chi connectivity index (χ4v) is 2.14. The number of aryl methyl sites for hydroxylation is 1. The van der Waals surface area contributed by atoms with Gasteiger partial charge in [0.25, 0.3) is 5.69 Å². The molecule has 0 heterocycles. The van der Waals surface area contributed by atoms with Crippen molar-refractivity contribution in [2.24, 2.45) is 0 Å². The van der Waals surface area contributed by atoms with E-state index in [0.29, 0.717) is 0 Å². The topological polar surface area (TPSA) is 43.1 Å². The number of rotatable bonds is 1. The molecule has 1 aliphatic rings. The molecular formula is C11H13NO2.